The van der Waals surface area contributed by atoms with Gasteiger partial charge in [0.15, 0.2) is 9.84 Å². The minimum Gasteiger partial charge on any atom is -0.354 e. The molecule has 158 valence electrons. The first-order valence-corrected chi connectivity index (χ1v) is 12.0. The van der Waals surface area contributed by atoms with Gasteiger partial charge >= 0.3 is 0 Å². The van der Waals surface area contributed by atoms with E-state index in [1.54, 1.807) is 6.20 Å². The zero-order valence-electron chi connectivity index (χ0n) is 17.3. The number of nitrogens with zero attached hydrogens (tertiary/aromatic N) is 1. The van der Waals surface area contributed by atoms with Crippen molar-refractivity contribution in [2.75, 3.05) is 23.4 Å². The summed E-state index contributed by atoms with van der Waals surface area (Å²) >= 11 is 0. The van der Waals surface area contributed by atoms with E-state index in [4.69, 9.17) is 0 Å². The summed E-state index contributed by atoms with van der Waals surface area (Å²) in [5.74, 6) is 0.0999. The molecule has 1 aromatic heterocycles. The largest absolute Gasteiger partial charge is 0.354 e. The number of benzene rings is 2. The van der Waals surface area contributed by atoms with E-state index in [1.807, 2.05) is 62.4 Å². The number of fused-ring (bicyclic) bond motifs is 1. The predicted octanol–water partition coefficient (Wildman–Crippen LogP) is 4.10. The maximum absolute atomic E-state index is 12.6. The lowest BCUT2D eigenvalue weighted by Crippen LogP contribution is -2.24. The second kappa shape index (κ2) is 9.71. The molecule has 0 saturated carbocycles. The van der Waals surface area contributed by atoms with E-state index in [0.29, 0.717) is 30.6 Å². The number of sulfone groups is 1. The second-order valence-electron chi connectivity index (χ2n) is 7.15. The van der Waals surface area contributed by atoms with Gasteiger partial charge in [-0.05, 0) is 49.6 Å². The lowest BCUT2D eigenvalue weighted by atomic mass is 10.0. The van der Waals surface area contributed by atoms with E-state index in [-0.39, 0.29) is 17.4 Å². The molecule has 2 aromatic carbocycles. The molecule has 3 aromatic rings. The first kappa shape index (κ1) is 21.8. The summed E-state index contributed by atoms with van der Waals surface area (Å²) in [5, 5.41) is 6.97. The highest BCUT2D eigenvalue weighted by atomic mass is 32.2. The highest BCUT2D eigenvalue weighted by molar-refractivity contribution is 7.91. The van der Waals surface area contributed by atoms with Gasteiger partial charge in [-0.25, -0.2) is 8.42 Å². The molecule has 0 unspecified atom stereocenters. The highest BCUT2D eigenvalue weighted by Gasteiger charge is 2.17. The summed E-state index contributed by atoms with van der Waals surface area (Å²) in [5.41, 5.74) is 3.60. The van der Waals surface area contributed by atoms with Crippen LogP contribution in [0.15, 0.2) is 54.7 Å². The van der Waals surface area contributed by atoms with Crippen LogP contribution < -0.4 is 10.6 Å². The van der Waals surface area contributed by atoms with Crippen molar-refractivity contribution in [1.82, 2.24) is 10.3 Å². The summed E-state index contributed by atoms with van der Waals surface area (Å²) in [6, 6.07) is 15.3. The summed E-state index contributed by atoms with van der Waals surface area (Å²) in [4.78, 5) is 17.1. The molecule has 0 saturated heterocycles. The van der Waals surface area contributed by atoms with E-state index < -0.39 is 9.84 Å². The van der Waals surface area contributed by atoms with E-state index in [0.717, 1.165) is 22.2 Å². The molecule has 1 heterocycles. The Bertz CT molecular complexity index is 1130. The topological polar surface area (TPSA) is 88.2 Å². The van der Waals surface area contributed by atoms with Gasteiger partial charge in [-0.2, -0.15) is 0 Å². The highest BCUT2D eigenvalue weighted by Crippen LogP contribution is 2.30. The molecule has 0 aliphatic heterocycles. The molecule has 6 nitrogen and oxygen atoms in total. The Hall–Kier alpha value is -2.93. The average molecular weight is 426 g/mol. The fourth-order valence-corrected chi connectivity index (χ4v) is 4.68. The van der Waals surface area contributed by atoms with E-state index in [1.165, 1.54) is 0 Å². The molecule has 0 bridgehead atoms. The van der Waals surface area contributed by atoms with Gasteiger partial charge in [0.05, 0.1) is 22.5 Å². The molecule has 0 aliphatic carbocycles. The van der Waals surface area contributed by atoms with Crippen LogP contribution in [-0.2, 0) is 16.3 Å². The maximum atomic E-state index is 12.6. The van der Waals surface area contributed by atoms with Crippen LogP contribution in [0.2, 0.25) is 0 Å². The average Bonchev–Trinajstić information content (AvgIpc) is 2.73. The molecule has 0 atom stereocenters. The lowest BCUT2D eigenvalue weighted by molar-refractivity contribution is 0.0956. The Morgan fingerprint density at radius 2 is 1.80 bits per heavy atom. The van der Waals surface area contributed by atoms with Crippen LogP contribution in [0.4, 0.5) is 11.4 Å². The quantitative estimate of drug-likeness (QED) is 0.539. The molecule has 3 rings (SSSR count). The maximum Gasteiger partial charge on any atom is 0.254 e. The number of nitrogens with one attached hydrogen (secondary N) is 2. The van der Waals surface area contributed by atoms with Crippen molar-refractivity contribution >= 4 is 38.0 Å². The van der Waals surface area contributed by atoms with Crippen LogP contribution in [0, 0.1) is 0 Å². The Balaban J connectivity index is 2.04. The van der Waals surface area contributed by atoms with E-state index in [2.05, 4.69) is 15.6 Å². The van der Waals surface area contributed by atoms with Crippen LogP contribution in [-0.4, -0.2) is 37.4 Å². The van der Waals surface area contributed by atoms with Gasteiger partial charge in [-0.1, -0.05) is 31.2 Å². The smallest absolute Gasteiger partial charge is 0.254 e. The van der Waals surface area contributed by atoms with Crippen LogP contribution in [0.5, 0.6) is 0 Å². The minimum absolute atomic E-state index is 0.108. The third-order valence-electron chi connectivity index (χ3n) is 4.77. The molecule has 0 spiro atoms. The minimum atomic E-state index is -3.07. The number of hydrogen-bond acceptors (Lipinski definition) is 5. The van der Waals surface area contributed by atoms with Crippen molar-refractivity contribution in [1.29, 1.82) is 0 Å². The first-order valence-electron chi connectivity index (χ1n) is 10.2. The zero-order valence-corrected chi connectivity index (χ0v) is 18.1. The van der Waals surface area contributed by atoms with Crippen molar-refractivity contribution < 1.29 is 13.2 Å². The van der Waals surface area contributed by atoms with Gasteiger partial charge in [-0.3, -0.25) is 9.78 Å². The standard InChI is InChI=1S/C23H27N3O3S/c1-3-13-30(28,29)14-12-17-10-11-21-19(15-17)22(26-18-8-6-5-7-9-18)20(16-25-21)23(27)24-4-2/h5-11,15-16H,3-4,12-14H2,1-2H3,(H,24,27)(H,25,26). The number of hydrogen-bond donors (Lipinski definition) is 2. The van der Waals surface area contributed by atoms with E-state index in [9.17, 15) is 13.2 Å². The Morgan fingerprint density at radius 3 is 2.50 bits per heavy atom. The number of aryl methyl sites for hydroxylation is 1. The molecular formula is C23H27N3O3S. The molecule has 0 radical (unpaired) electrons. The Kier molecular flexibility index (Phi) is 7.05. The van der Waals surface area contributed by atoms with Crippen LogP contribution in [0.3, 0.4) is 0 Å². The molecule has 2 N–H and O–H groups in total. The summed E-state index contributed by atoms with van der Waals surface area (Å²) in [7, 11) is -3.07. The summed E-state index contributed by atoms with van der Waals surface area (Å²) in [6.07, 6.45) is 2.61. The fourth-order valence-electron chi connectivity index (χ4n) is 3.31. The van der Waals surface area contributed by atoms with Gasteiger partial charge < -0.3 is 10.6 Å². The van der Waals surface area contributed by atoms with Crippen LogP contribution in [0.25, 0.3) is 10.9 Å². The van der Waals surface area contributed by atoms with Gasteiger partial charge in [0, 0.05) is 29.6 Å². The number of amides is 1. The Labute approximate surface area is 177 Å². The summed E-state index contributed by atoms with van der Waals surface area (Å²) < 4.78 is 24.2. The fraction of sp³-hybridized carbons (Fsp3) is 0.304. The van der Waals surface area contributed by atoms with Gasteiger partial charge in [0.25, 0.3) is 5.91 Å². The molecule has 7 heteroatoms. The first-order chi connectivity index (χ1) is 14.4. The van der Waals surface area contributed by atoms with Crippen LogP contribution >= 0.6 is 0 Å². The van der Waals surface area contributed by atoms with Crippen molar-refractivity contribution in [3.63, 3.8) is 0 Å². The SMILES string of the molecule is CCCS(=O)(=O)CCc1ccc2ncc(C(=O)NCC)c(Nc3ccccc3)c2c1. The summed E-state index contributed by atoms with van der Waals surface area (Å²) in [6.45, 7) is 4.24. The molecule has 1 amide bonds. The van der Waals surface area contributed by atoms with Crippen molar-refractivity contribution in [2.45, 2.75) is 26.7 Å². The van der Waals surface area contributed by atoms with Gasteiger partial charge in [-0.15, -0.1) is 0 Å². The monoisotopic (exact) mass is 425 g/mol. The van der Waals surface area contributed by atoms with Gasteiger partial charge in [0.1, 0.15) is 0 Å². The number of pyridine rings is 1. The molecule has 30 heavy (non-hydrogen) atoms. The molecule has 0 fully saturated rings. The molecular weight excluding hydrogens is 398 g/mol. The zero-order chi connectivity index (χ0) is 21.6. The Morgan fingerprint density at radius 1 is 1.03 bits per heavy atom. The molecule has 0 aliphatic rings. The normalized spacial score (nSPS) is 11.4. The number of anilines is 2. The van der Waals surface area contributed by atoms with Gasteiger partial charge in [0.2, 0.25) is 0 Å². The predicted molar refractivity (Wildman–Crippen MR) is 122 cm³/mol. The number of rotatable bonds is 9. The van der Waals surface area contributed by atoms with Crippen molar-refractivity contribution in [3.05, 3.63) is 65.9 Å². The number of carbonyl (C=O) groups excluding carboxylic acids is 1. The number of carbonyl (C=O) groups is 1. The lowest BCUT2D eigenvalue weighted by Gasteiger charge is -2.15. The third kappa shape index (κ3) is 5.36. The third-order valence-corrected chi connectivity index (χ3v) is 6.63. The van der Waals surface area contributed by atoms with Crippen LogP contribution in [0.1, 0.15) is 36.2 Å². The number of para-hydroxylation sites is 1. The number of aromatic nitrogens is 1. The van der Waals surface area contributed by atoms with Crippen molar-refractivity contribution in [3.8, 4) is 0 Å². The second-order valence-corrected chi connectivity index (χ2v) is 9.45. The van der Waals surface area contributed by atoms with Crippen molar-refractivity contribution in [2.24, 2.45) is 0 Å². The van der Waals surface area contributed by atoms with E-state index >= 15 is 0 Å².